The lowest BCUT2D eigenvalue weighted by Crippen LogP contribution is -2.20. The number of rotatable bonds is 8. The first-order chi connectivity index (χ1) is 13.4. The first-order valence-corrected chi connectivity index (χ1v) is 8.79. The standard InChI is InChI=1S/C19H17ClN4O4/c20-18-10-17(22-8-7-12-1-3-13(4-2-12)24(26)27)15-9-14(28-11-19(21)25)5-6-16(15)23-18/h1-6,9-10H,7-8,11H2,(H2,21,25)(H,22,23). The van der Waals surface area contributed by atoms with E-state index in [-0.39, 0.29) is 12.3 Å². The molecule has 28 heavy (non-hydrogen) atoms. The van der Waals surface area contributed by atoms with Crippen molar-refractivity contribution in [3.63, 3.8) is 0 Å². The quantitative estimate of drug-likeness (QED) is 0.340. The van der Waals surface area contributed by atoms with Crippen LogP contribution in [-0.4, -0.2) is 29.0 Å². The second kappa shape index (κ2) is 8.53. The fourth-order valence-corrected chi connectivity index (χ4v) is 2.89. The first kappa shape index (κ1) is 19.4. The molecule has 3 aromatic rings. The van der Waals surface area contributed by atoms with E-state index in [1.54, 1.807) is 36.4 Å². The predicted octanol–water partition coefficient (Wildman–Crippen LogP) is 3.32. The monoisotopic (exact) mass is 400 g/mol. The van der Waals surface area contributed by atoms with E-state index in [0.717, 1.165) is 16.6 Å². The van der Waals surface area contributed by atoms with E-state index in [0.29, 0.717) is 29.4 Å². The Morgan fingerprint density at radius 2 is 1.96 bits per heavy atom. The number of hydrogen-bond acceptors (Lipinski definition) is 6. The molecule has 2 aromatic carbocycles. The number of non-ortho nitro benzene ring substituents is 1. The fraction of sp³-hybridized carbons (Fsp3) is 0.158. The van der Waals surface area contributed by atoms with Crippen molar-refractivity contribution in [2.24, 2.45) is 5.73 Å². The smallest absolute Gasteiger partial charge is 0.269 e. The minimum atomic E-state index is -0.559. The van der Waals surface area contributed by atoms with Crippen LogP contribution in [0.4, 0.5) is 11.4 Å². The summed E-state index contributed by atoms with van der Waals surface area (Å²) in [5, 5.41) is 15.1. The highest BCUT2D eigenvalue weighted by atomic mass is 35.5. The molecule has 0 aliphatic heterocycles. The molecule has 0 saturated heterocycles. The van der Waals surface area contributed by atoms with Gasteiger partial charge in [0.05, 0.1) is 10.4 Å². The zero-order chi connectivity index (χ0) is 20.1. The van der Waals surface area contributed by atoms with Crippen LogP contribution < -0.4 is 15.8 Å². The summed E-state index contributed by atoms with van der Waals surface area (Å²) in [6, 6.07) is 13.3. The topological polar surface area (TPSA) is 120 Å². The minimum Gasteiger partial charge on any atom is -0.484 e. The molecule has 0 saturated carbocycles. The number of aromatic nitrogens is 1. The number of nitrogens with two attached hydrogens (primary N) is 1. The molecule has 0 fully saturated rings. The van der Waals surface area contributed by atoms with E-state index in [1.807, 2.05) is 0 Å². The zero-order valence-electron chi connectivity index (χ0n) is 14.7. The second-order valence-electron chi connectivity index (χ2n) is 6.03. The molecule has 144 valence electrons. The molecule has 0 atom stereocenters. The number of primary amides is 1. The molecule has 9 heteroatoms. The SMILES string of the molecule is NC(=O)COc1ccc2nc(Cl)cc(NCCc3ccc([N+](=O)[O-])cc3)c2c1. The Hall–Kier alpha value is -3.39. The van der Waals surface area contributed by atoms with Gasteiger partial charge >= 0.3 is 0 Å². The molecular formula is C19H17ClN4O4. The maximum Gasteiger partial charge on any atom is 0.269 e. The van der Waals surface area contributed by atoms with E-state index >= 15 is 0 Å². The van der Waals surface area contributed by atoms with Crippen LogP contribution in [0.1, 0.15) is 5.56 Å². The van der Waals surface area contributed by atoms with Crippen LogP contribution in [0.3, 0.4) is 0 Å². The number of benzene rings is 2. The molecule has 1 amide bonds. The van der Waals surface area contributed by atoms with Crippen LogP contribution in [0.2, 0.25) is 5.15 Å². The lowest BCUT2D eigenvalue weighted by Gasteiger charge is -2.12. The van der Waals surface area contributed by atoms with Gasteiger partial charge in [-0.25, -0.2) is 4.98 Å². The first-order valence-electron chi connectivity index (χ1n) is 8.41. The lowest BCUT2D eigenvalue weighted by atomic mass is 10.1. The molecule has 1 heterocycles. The van der Waals surface area contributed by atoms with E-state index < -0.39 is 10.8 Å². The molecule has 3 rings (SSSR count). The number of ether oxygens (including phenoxy) is 1. The number of fused-ring (bicyclic) bond motifs is 1. The third kappa shape index (κ3) is 4.86. The van der Waals surface area contributed by atoms with Gasteiger partial charge in [0, 0.05) is 29.8 Å². The number of nitro groups is 1. The highest BCUT2D eigenvalue weighted by Gasteiger charge is 2.08. The molecule has 0 bridgehead atoms. The van der Waals surface area contributed by atoms with Gasteiger partial charge in [-0.05, 0) is 36.2 Å². The number of anilines is 1. The number of hydrogen-bond donors (Lipinski definition) is 2. The normalized spacial score (nSPS) is 10.6. The van der Waals surface area contributed by atoms with Crippen LogP contribution in [0.15, 0.2) is 48.5 Å². The third-order valence-electron chi connectivity index (χ3n) is 4.01. The average Bonchev–Trinajstić information content (AvgIpc) is 2.66. The van der Waals surface area contributed by atoms with Crippen molar-refractivity contribution >= 4 is 39.8 Å². The number of nitrogens with one attached hydrogen (secondary N) is 1. The van der Waals surface area contributed by atoms with Gasteiger partial charge in [0.25, 0.3) is 11.6 Å². The van der Waals surface area contributed by atoms with E-state index in [1.165, 1.54) is 12.1 Å². The molecule has 0 unspecified atom stereocenters. The maximum absolute atomic E-state index is 10.9. The Balaban J connectivity index is 1.74. The van der Waals surface area contributed by atoms with Gasteiger partial charge in [-0.1, -0.05) is 23.7 Å². The Kier molecular flexibility index (Phi) is 5.90. The highest BCUT2D eigenvalue weighted by molar-refractivity contribution is 6.30. The Labute approximate surface area is 165 Å². The van der Waals surface area contributed by atoms with Crippen molar-refractivity contribution in [1.82, 2.24) is 4.98 Å². The van der Waals surface area contributed by atoms with Crippen LogP contribution in [0, 0.1) is 10.1 Å². The number of carbonyl (C=O) groups is 1. The summed E-state index contributed by atoms with van der Waals surface area (Å²) in [7, 11) is 0. The molecule has 8 nitrogen and oxygen atoms in total. The third-order valence-corrected chi connectivity index (χ3v) is 4.20. The van der Waals surface area contributed by atoms with Gasteiger partial charge < -0.3 is 15.8 Å². The summed E-state index contributed by atoms with van der Waals surface area (Å²) in [6.45, 7) is 0.370. The van der Waals surface area contributed by atoms with Crippen LogP contribution in [-0.2, 0) is 11.2 Å². The van der Waals surface area contributed by atoms with E-state index in [2.05, 4.69) is 10.3 Å². The summed E-state index contributed by atoms with van der Waals surface area (Å²) in [5.74, 6) is -0.0652. The van der Waals surface area contributed by atoms with Crippen LogP contribution in [0.25, 0.3) is 10.9 Å². The number of amides is 1. The maximum atomic E-state index is 10.9. The number of nitrogens with zero attached hydrogens (tertiary/aromatic N) is 2. The van der Waals surface area contributed by atoms with Gasteiger partial charge in [0.2, 0.25) is 0 Å². The van der Waals surface area contributed by atoms with Crippen LogP contribution >= 0.6 is 11.6 Å². The van der Waals surface area contributed by atoms with Crippen molar-refractivity contribution < 1.29 is 14.5 Å². The summed E-state index contributed by atoms with van der Waals surface area (Å²) >= 11 is 6.10. The van der Waals surface area contributed by atoms with Crippen molar-refractivity contribution in [2.45, 2.75) is 6.42 Å². The van der Waals surface area contributed by atoms with E-state index in [9.17, 15) is 14.9 Å². The molecule has 0 radical (unpaired) electrons. The summed E-state index contributed by atoms with van der Waals surface area (Å²) in [4.78, 5) is 25.5. The van der Waals surface area contributed by atoms with E-state index in [4.69, 9.17) is 22.1 Å². The average molecular weight is 401 g/mol. The summed E-state index contributed by atoms with van der Waals surface area (Å²) in [6.07, 6.45) is 0.664. The van der Waals surface area contributed by atoms with Gasteiger partial charge in [0.15, 0.2) is 6.61 Å². The van der Waals surface area contributed by atoms with Crippen molar-refractivity contribution in [1.29, 1.82) is 0 Å². The molecule has 0 aliphatic carbocycles. The van der Waals surface area contributed by atoms with Crippen LogP contribution in [0.5, 0.6) is 5.75 Å². The largest absolute Gasteiger partial charge is 0.484 e. The molecule has 0 aliphatic rings. The van der Waals surface area contributed by atoms with Crippen molar-refractivity contribution in [3.8, 4) is 5.75 Å². The van der Waals surface area contributed by atoms with Crippen molar-refractivity contribution in [3.05, 3.63) is 69.4 Å². The number of carbonyl (C=O) groups excluding carboxylic acids is 1. The van der Waals surface area contributed by atoms with Gasteiger partial charge in [-0.2, -0.15) is 0 Å². The van der Waals surface area contributed by atoms with Gasteiger partial charge in [0.1, 0.15) is 10.9 Å². The van der Waals surface area contributed by atoms with Gasteiger partial charge in [-0.15, -0.1) is 0 Å². The lowest BCUT2D eigenvalue weighted by molar-refractivity contribution is -0.384. The number of pyridine rings is 1. The Morgan fingerprint density at radius 1 is 1.21 bits per heavy atom. The second-order valence-corrected chi connectivity index (χ2v) is 6.41. The van der Waals surface area contributed by atoms with Gasteiger partial charge in [-0.3, -0.25) is 14.9 Å². The zero-order valence-corrected chi connectivity index (χ0v) is 15.5. The Morgan fingerprint density at radius 3 is 2.64 bits per heavy atom. The predicted molar refractivity (Wildman–Crippen MR) is 107 cm³/mol. The molecule has 3 N–H and O–H groups in total. The van der Waals surface area contributed by atoms with Crippen molar-refractivity contribution in [2.75, 3.05) is 18.5 Å². The fourth-order valence-electron chi connectivity index (χ4n) is 2.69. The summed E-state index contributed by atoms with van der Waals surface area (Å²) < 4.78 is 5.35. The number of halogens is 1. The summed E-state index contributed by atoms with van der Waals surface area (Å²) in [5.41, 5.74) is 7.58. The number of nitro benzene ring substituents is 1. The molecule has 0 spiro atoms. The molecular weight excluding hydrogens is 384 g/mol. The minimum absolute atomic E-state index is 0.0621. The highest BCUT2D eigenvalue weighted by Crippen LogP contribution is 2.29. The Bertz CT molecular complexity index is 1020. The molecule has 1 aromatic heterocycles.